The van der Waals surface area contributed by atoms with E-state index in [0.717, 1.165) is 0 Å². The van der Waals surface area contributed by atoms with Crippen LogP contribution in [0.5, 0.6) is 0 Å². The number of carboxylic acids is 1. The van der Waals surface area contributed by atoms with E-state index in [9.17, 15) is 9.59 Å². The van der Waals surface area contributed by atoms with Crippen LogP contribution in [0, 0.1) is 0 Å². The van der Waals surface area contributed by atoms with Gasteiger partial charge in [-0.15, -0.1) is 0 Å². The lowest BCUT2D eigenvalue weighted by Crippen LogP contribution is -2.18. The topological polar surface area (TPSA) is 75.6 Å². The minimum atomic E-state index is -1.10. The molecule has 0 bridgehead atoms. The lowest BCUT2D eigenvalue weighted by Gasteiger charge is -2.11. The van der Waals surface area contributed by atoms with Gasteiger partial charge in [0.15, 0.2) is 0 Å². The minimum absolute atomic E-state index is 0.0200. The van der Waals surface area contributed by atoms with Gasteiger partial charge in [0.25, 0.3) is 5.91 Å². The zero-order chi connectivity index (χ0) is 16.6. The molecular formula is C15H10ClNO4S2. The van der Waals surface area contributed by atoms with E-state index in [0.29, 0.717) is 27.0 Å². The Hall–Kier alpha value is -1.83. The molecule has 0 radical (unpaired) electrons. The summed E-state index contributed by atoms with van der Waals surface area (Å²) in [5.41, 5.74) is 0.651. The van der Waals surface area contributed by atoms with E-state index >= 15 is 0 Å². The molecule has 1 atom stereocenters. The predicted molar refractivity (Wildman–Crippen MR) is 92.3 cm³/mol. The van der Waals surface area contributed by atoms with Crippen LogP contribution in [-0.2, 0) is 9.53 Å². The highest BCUT2D eigenvalue weighted by atomic mass is 35.5. The summed E-state index contributed by atoms with van der Waals surface area (Å²) in [6, 6.07) is 4.69. The Kier molecular flexibility index (Phi) is 4.43. The van der Waals surface area contributed by atoms with E-state index in [4.69, 9.17) is 33.7 Å². The largest absolute Gasteiger partial charge is 0.486 e. The summed E-state index contributed by atoms with van der Waals surface area (Å²) in [6.45, 7) is 0. The summed E-state index contributed by atoms with van der Waals surface area (Å²) in [5, 5.41) is 11.8. The van der Waals surface area contributed by atoms with Crippen LogP contribution in [0.3, 0.4) is 0 Å². The van der Waals surface area contributed by atoms with Crippen molar-refractivity contribution in [3.63, 3.8) is 0 Å². The number of halogens is 1. The van der Waals surface area contributed by atoms with Crippen LogP contribution in [0.2, 0.25) is 5.02 Å². The normalized spacial score (nSPS) is 22.0. The molecule has 1 aromatic rings. The predicted octanol–water partition coefficient (Wildman–Crippen LogP) is 3.20. The van der Waals surface area contributed by atoms with Crippen molar-refractivity contribution >= 4 is 57.5 Å². The minimum Gasteiger partial charge on any atom is -0.486 e. The highest BCUT2D eigenvalue weighted by Crippen LogP contribution is 2.32. The van der Waals surface area contributed by atoms with Crippen LogP contribution in [0.4, 0.5) is 0 Å². The molecule has 1 unspecified atom stereocenters. The lowest BCUT2D eigenvalue weighted by molar-refractivity contribution is -0.115. The standard InChI is InChI=1S/C15H10ClNO4S2/c16-10-3-1-7(5-9(10)14(19)20)11-4-2-8(21-11)6-12-13(18)17-15(22)23-12/h1,3-6,8H,2H2,(H,19,20)(H,17,18,22)/b12-6-. The third-order valence-corrected chi connectivity index (χ3v) is 4.78. The first kappa shape index (κ1) is 16.0. The number of thiocarbonyl (C=S) groups is 1. The summed E-state index contributed by atoms with van der Waals surface area (Å²) in [5.74, 6) is -0.754. The number of aromatic carboxylic acids is 1. The van der Waals surface area contributed by atoms with E-state index in [2.05, 4.69) is 5.32 Å². The number of ether oxygens (including phenoxy) is 1. The number of carbonyl (C=O) groups excluding carboxylic acids is 1. The van der Waals surface area contributed by atoms with Gasteiger partial charge in [0, 0.05) is 12.0 Å². The second kappa shape index (κ2) is 6.35. The Morgan fingerprint density at radius 3 is 2.96 bits per heavy atom. The number of thioether (sulfide) groups is 1. The van der Waals surface area contributed by atoms with Crippen molar-refractivity contribution < 1.29 is 19.4 Å². The maximum Gasteiger partial charge on any atom is 0.337 e. The van der Waals surface area contributed by atoms with Gasteiger partial charge in [-0.3, -0.25) is 4.79 Å². The zero-order valence-electron chi connectivity index (χ0n) is 11.5. The van der Waals surface area contributed by atoms with Gasteiger partial charge >= 0.3 is 5.97 Å². The van der Waals surface area contributed by atoms with E-state index in [1.54, 1.807) is 12.1 Å². The summed E-state index contributed by atoms with van der Waals surface area (Å²) < 4.78 is 6.21. The molecule has 1 fully saturated rings. The van der Waals surface area contributed by atoms with Gasteiger partial charge in [0.2, 0.25) is 0 Å². The maximum absolute atomic E-state index is 11.6. The number of hydrogen-bond acceptors (Lipinski definition) is 5. The number of nitrogens with one attached hydrogen (secondary N) is 1. The van der Waals surface area contributed by atoms with Crippen LogP contribution in [0.15, 0.2) is 35.3 Å². The maximum atomic E-state index is 11.6. The van der Waals surface area contributed by atoms with Gasteiger partial charge in [0.1, 0.15) is 16.2 Å². The second-order valence-corrected chi connectivity index (χ2v) is 6.96. The Morgan fingerprint density at radius 1 is 1.52 bits per heavy atom. The van der Waals surface area contributed by atoms with Crippen molar-refractivity contribution in [3.8, 4) is 0 Å². The molecule has 2 aliphatic heterocycles. The average molecular weight is 368 g/mol. The van der Waals surface area contributed by atoms with Crippen molar-refractivity contribution in [1.82, 2.24) is 5.32 Å². The van der Waals surface area contributed by atoms with Gasteiger partial charge in [-0.1, -0.05) is 35.6 Å². The van der Waals surface area contributed by atoms with Crippen molar-refractivity contribution in [2.45, 2.75) is 12.5 Å². The van der Waals surface area contributed by atoms with Crippen LogP contribution in [0.25, 0.3) is 5.76 Å². The van der Waals surface area contributed by atoms with Gasteiger partial charge in [0.05, 0.1) is 15.5 Å². The van der Waals surface area contributed by atoms with E-state index in [1.165, 1.54) is 23.9 Å². The molecule has 0 aromatic heterocycles. The first-order valence-electron chi connectivity index (χ1n) is 6.59. The molecule has 0 saturated carbocycles. The number of rotatable bonds is 3. The SMILES string of the molecule is O=C1NC(=S)S/C1=C\C1CC=C(c2ccc(Cl)c(C(=O)O)c2)O1. The molecular weight excluding hydrogens is 358 g/mol. The van der Waals surface area contributed by atoms with Crippen molar-refractivity contribution in [1.29, 1.82) is 0 Å². The Balaban J connectivity index is 1.76. The van der Waals surface area contributed by atoms with E-state index in [1.807, 2.05) is 6.08 Å². The first-order chi connectivity index (χ1) is 10.9. The van der Waals surface area contributed by atoms with E-state index < -0.39 is 5.97 Å². The molecule has 118 valence electrons. The summed E-state index contributed by atoms with van der Waals surface area (Å²) in [6.07, 6.45) is 3.87. The zero-order valence-corrected chi connectivity index (χ0v) is 13.9. The molecule has 1 amide bonds. The fraction of sp³-hybridized carbons (Fsp3) is 0.133. The molecule has 0 spiro atoms. The van der Waals surface area contributed by atoms with Crippen LogP contribution in [0.1, 0.15) is 22.3 Å². The number of carbonyl (C=O) groups is 2. The van der Waals surface area contributed by atoms with Gasteiger partial charge < -0.3 is 15.2 Å². The average Bonchev–Trinajstić information content (AvgIpc) is 3.06. The molecule has 0 aliphatic carbocycles. The Bertz CT molecular complexity index is 788. The Labute approximate surface area is 146 Å². The quantitative estimate of drug-likeness (QED) is 0.631. The molecule has 8 heteroatoms. The number of hydrogen-bond donors (Lipinski definition) is 2. The third-order valence-electron chi connectivity index (χ3n) is 3.27. The highest BCUT2D eigenvalue weighted by Gasteiger charge is 2.26. The third kappa shape index (κ3) is 3.41. The molecule has 3 rings (SSSR count). The summed E-state index contributed by atoms with van der Waals surface area (Å²) >= 11 is 12.0. The molecule has 23 heavy (non-hydrogen) atoms. The molecule has 2 N–H and O–H groups in total. The highest BCUT2D eigenvalue weighted by molar-refractivity contribution is 8.26. The van der Waals surface area contributed by atoms with Gasteiger partial charge in [-0.25, -0.2) is 4.79 Å². The van der Waals surface area contributed by atoms with Crippen molar-refractivity contribution in [3.05, 3.63) is 51.4 Å². The van der Waals surface area contributed by atoms with E-state index in [-0.39, 0.29) is 22.6 Å². The van der Waals surface area contributed by atoms with Crippen LogP contribution < -0.4 is 5.32 Å². The lowest BCUT2D eigenvalue weighted by atomic mass is 10.1. The number of carboxylic acid groups (broad SMARTS) is 1. The molecule has 1 saturated heterocycles. The fourth-order valence-electron chi connectivity index (χ4n) is 2.22. The van der Waals surface area contributed by atoms with Crippen molar-refractivity contribution in [2.75, 3.05) is 0 Å². The molecule has 1 aromatic carbocycles. The van der Waals surface area contributed by atoms with Gasteiger partial charge in [-0.05, 0) is 30.4 Å². The van der Waals surface area contributed by atoms with Crippen molar-refractivity contribution in [2.24, 2.45) is 0 Å². The second-order valence-electron chi connectivity index (χ2n) is 4.83. The van der Waals surface area contributed by atoms with Crippen LogP contribution in [-0.4, -0.2) is 27.4 Å². The first-order valence-corrected chi connectivity index (χ1v) is 8.19. The van der Waals surface area contributed by atoms with Gasteiger partial charge in [-0.2, -0.15) is 0 Å². The molecule has 2 heterocycles. The summed E-state index contributed by atoms with van der Waals surface area (Å²) in [7, 11) is 0. The molecule has 5 nitrogen and oxygen atoms in total. The monoisotopic (exact) mass is 367 g/mol. The smallest absolute Gasteiger partial charge is 0.337 e. The number of benzene rings is 1. The molecule has 2 aliphatic rings. The summed E-state index contributed by atoms with van der Waals surface area (Å²) in [4.78, 5) is 23.3. The Morgan fingerprint density at radius 2 is 2.30 bits per heavy atom. The number of amides is 1. The van der Waals surface area contributed by atoms with Crippen LogP contribution >= 0.6 is 35.6 Å². The fourth-order valence-corrected chi connectivity index (χ4v) is 3.48.